The molecule has 1 aliphatic rings. The molecule has 5 nitrogen and oxygen atoms in total. The number of rotatable bonds is 6. The largest absolute Gasteiger partial charge is 0.488 e. The van der Waals surface area contributed by atoms with Crippen LogP contribution >= 0.6 is 35.6 Å². The van der Waals surface area contributed by atoms with Crippen LogP contribution in [0.2, 0.25) is 5.02 Å². The van der Waals surface area contributed by atoms with Crippen molar-refractivity contribution in [2.75, 3.05) is 0 Å². The number of benzene rings is 3. The number of thioether (sulfide) groups is 1. The van der Waals surface area contributed by atoms with Gasteiger partial charge in [-0.25, -0.2) is 0 Å². The van der Waals surface area contributed by atoms with E-state index in [0.29, 0.717) is 21.2 Å². The molecular formula is C25H19ClN2O3S2. The molecule has 3 aromatic rings. The van der Waals surface area contributed by atoms with Gasteiger partial charge in [-0.05, 0) is 49.5 Å². The number of hydrogen-bond donors (Lipinski definition) is 1. The molecule has 1 aliphatic heterocycles. The summed E-state index contributed by atoms with van der Waals surface area (Å²) >= 11 is 12.7. The maximum atomic E-state index is 13.0. The molecule has 4 rings (SSSR count). The molecule has 33 heavy (non-hydrogen) atoms. The van der Waals surface area contributed by atoms with Crippen LogP contribution < -0.4 is 10.2 Å². The molecule has 0 unspecified atom stereocenters. The second-order valence-electron chi connectivity index (χ2n) is 7.24. The number of thiocarbonyl (C=S) groups is 1. The highest BCUT2D eigenvalue weighted by molar-refractivity contribution is 8.26. The fraction of sp³-hybridized carbons (Fsp3) is 0.0800. The van der Waals surface area contributed by atoms with Crippen LogP contribution in [0.3, 0.4) is 0 Å². The molecule has 1 saturated heterocycles. The number of para-hydroxylation sites is 1. The smallest absolute Gasteiger partial charge is 0.285 e. The van der Waals surface area contributed by atoms with Crippen molar-refractivity contribution < 1.29 is 14.3 Å². The average Bonchev–Trinajstić information content (AvgIpc) is 3.07. The van der Waals surface area contributed by atoms with Crippen LogP contribution in [0.1, 0.15) is 27.0 Å². The Morgan fingerprint density at radius 2 is 1.79 bits per heavy atom. The zero-order valence-electron chi connectivity index (χ0n) is 17.6. The van der Waals surface area contributed by atoms with Gasteiger partial charge in [-0.2, -0.15) is 5.01 Å². The van der Waals surface area contributed by atoms with Crippen molar-refractivity contribution in [3.8, 4) is 5.75 Å². The number of nitrogens with one attached hydrogen (secondary N) is 1. The van der Waals surface area contributed by atoms with E-state index in [4.69, 9.17) is 28.6 Å². The van der Waals surface area contributed by atoms with Gasteiger partial charge in [0, 0.05) is 21.7 Å². The van der Waals surface area contributed by atoms with Crippen LogP contribution in [0, 0.1) is 6.92 Å². The Morgan fingerprint density at radius 1 is 1.09 bits per heavy atom. The molecule has 166 valence electrons. The Bertz CT molecular complexity index is 1260. The van der Waals surface area contributed by atoms with Gasteiger partial charge >= 0.3 is 0 Å². The van der Waals surface area contributed by atoms with Crippen molar-refractivity contribution in [3.05, 3.63) is 105 Å². The standard InChI is InChI=1S/C25H19ClN2O3S2/c1-16-10-12-17(13-11-16)23(29)27-28-24(30)22(33-25(28)32)14-18-6-3-5-9-21(18)31-15-19-7-2-4-8-20(19)26/h2-14H,15H2,1H3,(H,27,29)/b22-14+. The molecule has 0 saturated carbocycles. The summed E-state index contributed by atoms with van der Waals surface area (Å²) in [6, 6.07) is 21.9. The summed E-state index contributed by atoms with van der Waals surface area (Å²) in [6.45, 7) is 2.22. The van der Waals surface area contributed by atoms with Crippen molar-refractivity contribution >= 4 is 57.8 Å². The van der Waals surface area contributed by atoms with Gasteiger partial charge in [0.1, 0.15) is 12.4 Å². The minimum Gasteiger partial charge on any atom is -0.488 e. The van der Waals surface area contributed by atoms with Crippen molar-refractivity contribution in [2.45, 2.75) is 13.5 Å². The molecular weight excluding hydrogens is 476 g/mol. The van der Waals surface area contributed by atoms with Crippen LogP contribution in [0.4, 0.5) is 0 Å². The monoisotopic (exact) mass is 494 g/mol. The van der Waals surface area contributed by atoms with Gasteiger partial charge in [-0.3, -0.25) is 15.0 Å². The van der Waals surface area contributed by atoms with Gasteiger partial charge in [0.2, 0.25) is 0 Å². The molecule has 1 N–H and O–H groups in total. The Labute approximate surface area is 206 Å². The Morgan fingerprint density at radius 3 is 2.55 bits per heavy atom. The Hall–Kier alpha value is -3.13. The summed E-state index contributed by atoms with van der Waals surface area (Å²) in [5.74, 6) is -0.200. The second kappa shape index (κ2) is 10.2. The molecule has 0 radical (unpaired) electrons. The average molecular weight is 495 g/mol. The lowest BCUT2D eigenvalue weighted by molar-refractivity contribution is -0.123. The van der Waals surface area contributed by atoms with Crippen LogP contribution in [0.5, 0.6) is 5.75 Å². The first-order chi connectivity index (χ1) is 15.9. The summed E-state index contributed by atoms with van der Waals surface area (Å²) in [7, 11) is 0. The minimum atomic E-state index is -0.406. The third kappa shape index (κ3) is 5.45. The van der Waals surface area contributed by atoms with Gasteiger partial charge in [0.15, 0.2) is 4.32 Å². The molecule has 0 atom stereocenters. The van der Waals surface area contributed by atoms with E-state index in [2.05, 4.69) is 5.43 Å². The quantitative estimate of drug-likeness (QED) is 0.348. The normalized spacial score (nSPS) is 14.6. The van der Waals surface area contributed by atoms with E-state index in [1.807, 2.05) is 67.6 Å². The molecule has 1 heterocycles. The maximum absolute atomic E-state index is 13.0. The molecule has 1 fully saturated rings. The lowest BCUT2D eigenvalue weighted by Crippen LogP contribution is -2.44. The highest BCUT2D eigenvalue weighted by atomic mass is 35.5. The predicted octanol–water partition coefficient (Wildman–Crippen LogP) is 5.77. The van der Waals surface area contributed by atoms with E-state index in [1.165, 1.54) is 0 Å². The van der Waals surface area contributed by atoms with Crippen LogP contribution in [0.25, 0.3) is 6.08 Å². The molecule has 0 spiro atoms. The number of carbonyl (C=O) groups excluding carboxylic acids is 2. The van der Waals surface area contributed by atoms with E-state index in [0.717, 1.165) is 33.5 Å². The number of nitrogens with zero attached hydrogens (tertiary/aromatic N) is 1. The Kier molecular flexibility index (Phi) is 7.13. The molecule has 0 aromatic heterocycles. The number of amides is 2. The SMILES string of the molecule is Cc1ccc(C(=O)NN2C(=O)/C(=C\c3ccccc3OCc3ccccc3Cl)SC2=S)cc1. The first-order valence-corrected chi connectivity index (χ1v) is 11.6. The van der Waals surface area contributed by atoms with Gasteiger partial charge in [-0.15, -0.1) is 0 Å². The van der Waals surface area contributed by atoms with E-state index in [9.17, 15) is 9.59 Å². The highest BCUT2D eigenvalue weighted by Gasteiger charge is 2.34. The predicted molar refractivity (Wildman–Crippen MR) is 136 cm³/mol. The molecule has 2 amide bonds. The number of hydrazine groups is 1. The van der Waals surface area contributed by atoms with E-state index >= 15 is 0 Å². The number of carbonyl (C=O) groups is 2. The van der Waals surface area contributed by atoms with Gasteiger partial charge in [0.25, 0.3) is 11.8 Å². The summed E-state index contributed by atoms with van der Waals surface area (Å²) in [6.07, 6.45) is 1.71. The highest BCUT2D eigenvalue weighted by Crippen LogP contribution is 2.33. The first-order valence-electron chi connectivity index (χ1n) is 10.0. The second-order valence-corrected chi connectivity index (χ2v) is 9.32. The van der Waals surface area contributed by atoms with E-state index in [-0.39, 0.29) is 10.9 Å². The van der Waals surface area contributed by atoms with Gasteiger partial charge in [-0.1, -0.05) is 77.5 Å². The van der Waals surface area contributed by atoms with Crippen LogP contribution in [-0.4, -0.2) is 21.1 Å². The van der Waals surface area contributed by atoms with Crippen molar-refractivity contribution in [2.24, 2.45) is 0 Å². The third-order valence-corrected chi connectivity index (χ3v) is 6.54. The first kappa shape index (κ1) is 23.0. The molecule has 0 bridgehead atoms. The lowest BCUT2D eigenvalue weighted by Gasteiger charge is -2.15. The summed E-state index contributed by atoms with van der Waals surface area (Å²) in [5.41, 5.74) is 5.65. The topological polar surface area (TPSA) is 58.6 Å². The van der Waals surface area contributed by atoms with Crippen molar-refractivity contribution in [1.29, 1.82) is 0 Å². The zero-order valence-corrected chi connectivity index (χ0v) is 20.0. The fourth-order valence-corrected chi connectivity index (χ4v) is 4.44. The fourth-order valence-electron chi connectivity index (χ4n) is 3.08. The number of halogens is 1. The third-order valence-electron chi connectivity index (χ3n) is 4.87. The molecule has 0 aliphatic carbocycles. The zero-order chi connectivity index (χ0) is 23.4. The number of aryl methyl sites for hydroxylation is 1. The van der Waals surface area contributed by atoms with Gasteiger partial charge < -0.3 is 4.74 Å². The van der Waals surface area contributed by atoms with Crippen LogP contribution in [-0.2, 0) is 11.4 Å². The summed E-state index contributed by atoms with van der Waals surface area (Å²) in [5, 5.41) is 1.72. The van der Waals surface area contributed by atoms with E-state index in [1.54, 1.807) is 18.2 Å². The summed E-state index contributed by atoms with van der Waals surface area (Å²) in [4.78, 5) is 25.9. The van der Waals surface area contributed by atoms with Crippen LogP contribution in [0.15, 0.2) is 77.7 Å². The molecule has 3 aromatic carbocycles. The van der Waals surface area contributed by atoms with Crippen molar-refractivity contribution in [1.82, 2.24) is 10.4 Å². The summed E-state index contributed by atoms with van der Waals surface area (Å²) < 4.78 is 6.22. The lowest BCUT2D eigenvalue weighted by atomic mass is 10.1. The Balaban J connectivity index is 1.50. The van der Waals surface area contributed by atoms with Gasteiger partial charge in [0.05, 0.1) is 4.91 Å². The molecule has 8 heteroatoms. The van der Waals surface area contributed by atoms with Crippen molar-refractivity contribution in [3.63, 3.8) is 0 Å². The van der Waals surface area contributed by atoms with E-state index < -0.39 is 11.8 Å². The minimum absolute atomic E-state index is 0.251. The maximum Gasteiger partial charge on any atom is 0.285 e. The number of ether oxygens (including phenoxy) is 1. The number of hydrogen-bond acceptors (Lipinski definition) is 5.